The van der Waals surface area contributed by atoms with E-state index in [1.54, 1.807) is 22.7 Å². The zero-order valence-electron chi connectivity index (χ0n) is 15.7. The molecule has 142 valence electrons. The smallest absolute Gasteiger partial charge is 0.145 e. The normalized spacial score (nSPS) is 12.0. The zero-order chi connectivity index (χ0) is 19.7. The Kier molecular flexibility index (Phi) is 3.34. The van der Waals surface area contributed by atoms with Crippen LogP contribution in [0.3, 0.4) is 0 Å². The molecule has 0 aliphatic rings. The van der Waals surface area contributed by atoms with Crippen molar-refractivity contribution in [2.75, 3.05) is 0 Å². The minimum Gasteiger partial charge on any atom is -0.455 e. The Morgan fingerprint density at radius 2 is 0.933 bits per heavy atom. The molecule has 0 radical (unpaired) electrons. The molecule has 0 aliphatic carbocycles. The molecule has 0 saturated carbocycles. The highest BCUT2D eigenvalue weighted by Gasteiger charge is 2.14. The summed E-state index contributed by atoms with van der Waals surface area (Å²) in [6.45, 7) is 0. The molecule has 4 heterocycles. The summed E-state index contributed by atoms with van der Waals surface area (Å²) in [5, 5.41) is 4.78. The molecule has 0 fully saturated rings. The molecule has 7 rings (SSSR count). The molecule has 2 nitrogen and oxygen atoms in total. The van der Waals surface area contributed by atoms with Crippen LogP contribution in [-0.4, -0.2) is 0 Å². The molecule has 0 bridgehead atoms. The number of hydrogen-bond donors (Lipinski definition) is 0. The van der Waals surface area contributed by atoms with Crippen molar-refractivity contribution in [1.29, 1.82) is 0 Å². The largest absolute Gasteiger partial charge is 0.455 e. The Labute approximate surface area is 179 Å². The number of thiophene rings is 2. The van der Waals surface area contributed by atoms with Crippen LogP contribution < -0.4 is 0 Å². The van der Waals surface area contributed by atoms with Crippen LogP contribution in [0.25, 0.3) is 63.4 Å². The molecular formula is C26H14O2S2. The monoisotopic (exact) mass is 422 g/mol. The molecule has 0 unspecified atom stereocenters. The van der Waals surface area contributed by atoms with E-state index in [1.165, 1.54) is 20.2 Å². The van der Waals surface area contributed by atoms with Crippen LogP contribution >= 0.6 is 22.7 Å². The molecule has 0 N–H and O–H groups in total. The van der Waals surface area contributed by atoms with E-state index in [0.29, 0.717) is 0 Å². The molecule has 3 aromatic carbocycles. The van der Waals surface area contributed by atoms with E-state index in [-0.39, 0.29) is 0 Å². The van der Waals surface area contributed by atoms with Crippen molar-refractivity contribution in [1.82, 2.24) is 0 Å². The molecule has 0 atom stereocenters. The zero-order valence-corrected chi connectivity index (χ0v) is 17.3. The van der Waals surface area contributed by atoms with Crippen molar-refractivity contribution < 1.29 is 8.83 Å². The van der Waals surface area contributed by atoms with Crippen molar-refractivity contribution in [3.63, 3.8) is 0 Å². The van der Waals surface area contributed by atoms with E-state index in [4.69, 9.17) is 8.83 Å². The summed E-state index contributed by atoms with van der Waals surface area (Å²) in [4.78, 5) is 2.33. The molecule has 0 saturated heterocycles. The summed E-state index contributed by atoms with van der Waals surface area (Å²) in [6, 6.07) is 29.6. The van der Waals surface area contributed by atoms with Crippen molar-refractivity contribution in [3.8, 4) is 21.3 Å². The average Bonchev–Trinajstić information content (AvgIpc) is 3.53. The lowest BCUT2D eigenvalue weighted by atomic mass is 10.2. The predicted molar refractivity (Wildman–Crippen MR) is 128 cm³/mol. The molecule has 4 heteroatoms. The van der Waals surface area contributed by atoms with Gasteiger partial charge < -0.3 is 8.83 Å². The predicted octanol–water partition coefficient (Wildman–Crippen LogP) is 8.94. The fraction of sp³-hybridized carbons (Fsp3) is 0. The Bertz CT molecular complexity index is 1470. The van der Waals surface area contributed by atoms with Crippen LogP contribution in [-0.2, 0) is 0 Å². The van der Waals surface area contributed by atoms with Crippen molar-refractivity contribution >= 4 is 64.8 Å². The summed E-state index contributed by atoms with van der Waals surface area (Å²) in [6.07, 6.45) is 0. The minimum absolute atomic E-state index is 0.932. The fourth-order valence-corrected chi connectivity index (χ4v) is 6.11. The molecular weight excluding hydrogens is 408 g/mol. The van der Waals surface area contributed by atoms with Gasteiger partial charge in [-0.1, -0.05) is 36.4 Å². The number of rotatable bonds is 2. The Morgan fingerprint density at radius 3 is 1.40 bits per heavy atom. The lowest BCUT2D eigenvalue weighted by Gasteiger charge is -1.89. The van der Waals surface area contributed by atoms with E-state index in [0.717, 1.165) is 43.2 Å². The first kappa shape index (κ1) is 16.5. The maximum atomic E-state index is 6.07. The van der Waals surface area contributed by atoms with Crippen molar-refractivity contribution in [3.05, 3.63) is 84.9 Å². The topological polar surface area (TPSA) is 26.3 Å². The van der Waals surface area contributed by atoms with Crippen molar-refractivity contribution in [2.24, 2.45) is 0 Å². The van der Waals surface area contributed by atoms with Crippen LogP contribution in [0.4, 0.5) is 0 Å². The number of hydrogen-bond acceptors (Lipinski definition) is 4. The van der Waals surface area contributed by atoms with Gasteiger partial charge in [0.25, 0.3) is 0 Å². The Balaban J connectivity index is 1.34. The maximum Gasteiger partial charge on any atom is 0.145 e. The van der Waals surface area contributed by atoms with Crippen LogP contribution in [0, 0.1) is 0 Å². The first-order valence-electron chi connectivity index (χ1n) is 9.75. The fourth-order valence-electron chi connectivity index (χ4n) is 4.02. The maximum absolute atomic E-state index is 6.07. The van der Waals surface area contributed by atoms with E-state index in [2.05, 4.69) is 48.5 Å². The Morgan fingerprint density at radius 1 is 0.467 bits per heavy atom. The summed E-state index contributed by atoms with van der Waals surface area (Å²) < 4.78 is 14.7. The number of furan rings is 2. The van der Waals surface area contributed by atoms with Gasteiger partial charge in [-0.2, -0.15) is 0 Å². The van der Waals surface area contributed by atoms with Gasteiger partial charge in [0.15, 0.2) is 0 Å². The molecule has 0 amide bonds. The van der Waals surface area contributed by atoms with E-state index >= 15 is 0 Å². The summed E-state index contributed by atoms with van der Waals surface area (Å²) in [7, 11) is 0. The highest BCUT2D eigenvalue weighted by atomic mass is 32.1. The minimum atomic E-state index is 0.932. The third kappa shape index (κ3) is 2.48. The third-order valence-electron chi connectivity index (χ3n) is 5.49. The average molecular weight is 423 g/mol. The van der Waals surface area contributed by atoms with Gasteiger partial charge in [-0.25, -0.2) is 0 Å². The molecule has 7 aromatic rings. The van der Waals surface area contributed by atoms with Gasteiger partial charge in [0.1, 0.15) is 22.7 Å². The first-order chi connectivity index (χ1) is 14.8. The summed E-state index contributed by atoms with van der Waals surface area (Å²) in [5.74, 6) is 1.87. The highest BCUT2D eigenvalue weighted by Crippen LogP contribution is 2.42. The molecule has 0 aliphatic heterocycles. The van der Waals surface area contributed by atoms with Gasteiger partial charge in [-0.15, -0.1) is 22.7 Å². The van der Waals surface area contributed by atoms with Crippen LogP contribution in [0.1, 0.15) is 0 Å². The van der Waals surface area contributed by atoms with Gasteiger partial charge in [-0.3, -0.25) is 0 Å². The first-order valence-corrected chi connectivity index (χ1v) is 11.4. The molecule has 4 aromatic heterocycles. The molecule has 30 heavy (non-hydrogen) atoms. The van der Waals surface area contributed by atoms with Crippen LogP contribution in [0.2, 0.25) is 0 Å². The quantitative estimate of drug-likeness (QED) is 0.278. The lowest BCUT2D eigenvalue weighted by Crippen LogP contribution is -1.63. The van der Waals surface area contributed by atoms with Gasteiger partial charge in [0.2, 0.25) is 0 Å². The number of para-hydroxylation sites is 2. The van der Waals surface area contributed by atoms with Gasteiger partial charge in [0, 0.05) is 20.2 Å². The van der Waals surface area contributed by atoms with Gasteiger partial charge in [-0.05, 0) is 59.3 Å². The third-order valence-corrected chi connectivity index (χ3v) is 7.72. The number of fused-ring (bicyclic) bond motifs is 4. The lowest BCUT2D eigenvalue weighted by molar-refractivity contribution is 0.633. The van der Waals surface area contributed by atoms with Crippen LogP contribution in [0.5, 0.6) is 0 Å². The standard InChI is InChI=1S/C26H14O2S2/c1-3-7-19-15(5-1)9-21(27-19)25-13-17-11-24-18(12-23(17)29-25)14-26(30-24)22-10-16-6-2-4-8-20(16)28-22/h1-14H. The van der Waals surface area contributed by atoms with E-state index in [9.17, 15) is 0 Å². The summed E-state index contributed by atoms with van der Waals surface area (Å²) >= 11 is 3.55. The second kappa shape index (κ2) is 6.08. The number of benzene rings is 3. The highest BCUT2D eigenvalue weighted by molar-refractivity contribution is 7.23. The van der Waals surface area contributed by atoms with Crippen molar-refractivity contribution in [2.45, 2.75) is 0 Å². The van der Waals surface area contributed by atoms with Gasteiger partial charge >= 0.3 is 0 Å². The molecule has 0 spiro atoms. The van der Waals surface area contributed by atoms with E-state index < -0.39 is 0 Å². The van der Waals surface area contributed by atoms with Crippen LogP contribution in [0.15, 0.2) is 93.8 Å². The Hall–Kier alpha value is -3.34. The van der Waals surface area contributed by atoms with Gasteiger partial charge in [0.05, 0.1) is 9.75 Å². The SMILES string of the molecule is c1ccc2oc(-c3cc4cc5sc(-c6cc7ccccc7o6)cc5cc4s3)cc2c1. The van der Waals surface area contributed by atoms with E-state index in [1.807, 2.05) is 36.4 Å². The summed E-state index contributed by atoms with van der Waals surface area (Å²) in [5.41, 5.74) is 1.86. The second-order valence-electron chi connectivity index (χ2n) is 7.45. The second-order valence-corrected chi connectivity index (χ2v) is 9.61.